The lowest BCUT2D eigenvalue weighted by atomic mass is 9.93. The van der Waals surface area contributed by atoms with Crippen molar-refractivity contribution < 1.29 is 26.3 Å². The van der Waals surface area contributed by atoms with Gasteiger partial charge in [-0.25, -0.2) is 4.85 Å². The average Bonchev–Trinajstić information content (AvgIpc) is 3.58. The maximum atomic E-state index is 15.7. The number of aryl methyl sites for hydroxylation is 2. The zero-order valence-electron chi connectivity index (χ0n) is 26.6. The second-order valence-electron chi connectivity index (χ2n) is 12.4. The van der Waals surface area contributed by atoms with Gasteiger partial charge in [0.05, 0.1) is 51.1 Å². The van der Waals surface area contributed by atoms with E-state index in [9.17, 15) is 13.2 Å². The first kappa shape index (κ1) is 31.3. The third-order valence-electron chi connectivity index (χ3n) is 9.27. The predicted molar refractivity (Wildman–Crippen MR) is 186 cm³/mol. The van der Waals surface area contributed by atoms with Crippen LogP contribution in [0.5, 0.6) is 0 Å². The highest BCUT2D eigenvalue weighted by atomic mass is 19.4. The Morgan fingerprint density at radius 2 is 1.04 bits per heavy atom. The van der Waals surface area contributed by atoms with Crippen molar-refractivity contribution in [2.75, 3.05) is 0 Å². The zero-order chi connectivity index (χ0) is 35.1. The van der Waals surface area contributed by atoms with Crippen LogP contribution in [0.2, 0.25) is 0 Å². The smallest absolute Gasteiger partial charge is 0.307 e. The summed E-state index contributed by atoms with van der Waals surface area (Å²) in [5.41, 5.74) is 0.0670. The molecule has 0 spiro atoms. The van der Waals surface area contributed by atoms with E-state index in [-0.39, 0.29) is 16.9 Å². The molecule has 0 saturated carbocycles. The van der Waals surface area contributed by atoms with Gasteiger partial charge in [0, 0.05) is 21.5 Å². The van der Waals surface area contributed by atoms with Crippen LogP contribution in [0.4, 0.5) is 32.0 Å². The van der Waals surface area contributed by atoms with Crippen LogP contribution >= 0.6 is 0 Å². The minimum absolute atomic E-state index is 0.0148. The first-order valence-electron chi connectivity index (χ1n) is 15.7. The number of para-hydroxylation sites is 2. The van der Waals surface area contributed by atoms with Crippen molar-refractivity contribution in [3.05, 3.63) is 149 Å². The Bertz CT molecular complexity index is 2720. The van der Waals surface area contributed by atoms with E-state index in [0.717, 1.165) is 50.9 Å². The van der Waals surface area contributed by atoms with Crippen LogP contribution in [0.1, 0.15) is 22.3 Å². The molecule has 8 rings (SSSR count). The molecule has 0 radical (unpaired) electrons. The van der Waals surface area contributed by atoms with E-state index in [1.807, 2.05) is 68.4 Å². The van der Waals surface area contributed by atoms with Crippen molar-refractivity contribution >= 4 is 49.3 Å². The van der Waals surface area contributed by atoms with Crippen LogP contribution in [-0.2, 0) is 12.4 Å². The molecule has 9 heteroatoms. The Hall–Kier alpha value is -6.01. The molecular formula is C41H25F6N3. The van der Waals surface area contributed by atoms with E-state index in [4.69, 9.17) is 6.57 Å². The number of hydrogen-bond acceptors (Lipinski definition) is 0. The lowest BCUT2D eigenvalue weighted by Gasteiger charge is -2.24. The second-order valence-corrected chi connectivity index (χ2v) is 12.4. The highest BCUT2D eigenvalue weighted by Crippen LogP contribution is 2.49. The van der Waals surface area contributed by atoms with E-state index in [2.05, 4.69) is 4.85 Å². The van der Waals surface area contributed by atoms with Crippen LogP contribution in [0, 0.1) is 20.4 Å². The SMILES string of the molecule is [C-]#[N+]c1cccc(C(F)(F)F)c1-c1cc(-n2c3ccccc3c3cc(C)ccc32)c(-n2c3ccccc3c3cc(C)ccc32)c(C(F)(F)F)c1. The molecule has 2 heterocycles. The number of alkyl halides is 6. The molecule has 6 aromatic carbocycles. The van der Waals surface area contributed by atoms with Gasteiger partial charge in [0.25, 0.3) is 0 Å². The quantitative estimate of drug-likeness (QED) is 0.131. The van der Waals surface area contributed by atoms with Crippen LogP contribution in [-0.4, -0.2) is 9.13 Å². The number of hydrogen-bond donors (Lipinski definition) is 0. The summed E-state index contributed by atoms with van der Waals surface area (Å²) >= 11 is 0. The summed E-state index contributed by atoms with van der Waals surface area (Å²) in [5, 5.41) is 3.01. The molecular weight excluding hydrogens is 648 g/mol. The highest BCUT2D eigenvalue weighted by Gasteiger charge is 2.40. The standard InChI is InChI=1S/C41H25F6N3/c1-23-15-17-35-28(19-23)26-9-4-6-13-33(26)49(35)37-22-25(38-30(40(42,43)44)11-8-12-32(38)48-3)21-31(41(45,46)47)39(37)50-34-14-7-5-10-27(34)29-20-24(2)16-18-36(29)50/h4-22H,1-2H3. The third-order valence-corrected chi connectivity index (χ3v) is 9.27. The molecule has 50 heavy (non-hydrogen) atoms. The first-order chi connectivity index (χ1) is 23.9. The van der Waals surface area contributed by atoms with Gasteiger partial charge in [-0.1, -0.05) is 77.9 Å². The summed E-state index contributed by atoms with van der Waals surface area (Å²) in [6.45, 7) is 11.5. The fourth-order valence-corrected chi connectivity index (χ4v) is 7.23. The summed E-state index contributed by atoms with van der Waals surface area (Å²) in [6.07, 6.45) is -9.97. The Balaban J connectivity index is 1.65. The Kier molecular flexibility index (Phi) is 6.88. The van der Waals surface area contributed by atoms with Gasteiger partial charge in [-0.2, -0.15) is 26.3 Å². The summed E-state index contributed by atoms with van der Waals surface area (Å²) in [5.74, 6) is 0. The van der Waals surface area contributed by atoms with Gasteiger partial charge in [0.2, 0.25) is 0 Å². The molecule has 246 valence electrons. The van der Waals surface area contributed by atoms with E-state index in [1.54, 1.807) is 39.5 Å². The van der Waals surface area contributed by atoms with E-state index >= 15 is 13.2 Å². The van der Waals surface area contributed by atoms with Gasteiger partial charge in [-0.15, -0.1) is 0 Å². The minimum atomic E-state index is -5.02. The lowest BCUT2D eigenvalue weighted by molar-refractivity contribution is -0.137. The Labute approximate surface area is 282 Å². The number of aromatic nitrogens is 2. The molecule has 0 N–H and O–H groups in total. The van der Waals surface area contributed by atoms with Gasteiger partial charge in [0.1, 0.15) is 0 Å². The summed E-state index contributed by atoms with van der Waals surface area (Å²) in [6, 6.07) is 30.8. The molecule has 0 amide bonds. The number of halogens is 6. The molecule has 0 bridgehead atoms. The zero-order valence-corrected chi connectivity index (χ0v) is 26.6. The highest BCUT2D eigenvalue weighted by molar-refractivity contribution is 6.12. The Morgan fingerprint density at radius 3 is 1.60 bits per heavy atom. The van der Waals surface area contributed by atoms with Crippen molar-refractivity contribution in [1.29, 1.82) is 0 Å². The second kappa shape index (κ2) is 11.0. The van der Waals surface area contributed by atoms with Crippen LogP contribution in [0.25, 0.3) is 71.0 Å². The summed E-state index contributed by atoms with van der Waals surface area (Å²) in [4.78, 5) is 3.33. The van der Waals surface area contributed by atoms with E-state index in [0.29, 0.717) is 22.1 Å². The molecule has 8 aromatic rings. The van der Waals surface area contributed by atoms with Gasteiger partial charge in [-0.05, 0) is 73.5 Å². The monoisotopic (exact) mass is 673 g/mol. The molecule has 2 aromatic heterocycles. The van der Waals surface area contributed by atoms with Gasteiger partial charge in [0.15, 0.2) is 5.69 Å². The fraction of sp³-hybridized carbons (Fsp3) is 0.0976. The molecule has 0 saturated heterocycles. The van der Waals surface area contributed by atoms with Crippen LogP contribution < -0.4 is 0 Å². The lowest BCUT2D eigenvalue weighted by Crippen LogP contribution is -2.15. The van der Waals surface area contributed by atoms with Gasteiger partial charge < -0.3 is 9.13 Å². The first-order valence-corrected chi connectivity index (χ1v) is 15.7. The molecule has 0 fully saturated rings. The van der Waals surface area contributed by atoms with Crippen molar-refractivity contribution in [1.82, 2.24) is 9.13 Å². The Morgan fingerprint density at radius 1 is 0.520 bits per heavy atom. The van der Waals surface area contributed by atoms with Crippen molar-refractivity contribution in [2.45, 2.75) is 26.2 Å². The summed E-state index contributed by atoms with van der Waals surface area (Å²) < 4.78 is 94.1. The van der Waals surface area contributed by atoms with Crippen molar-refractivity contribution in [3.63, 3.8) is 0 Å². The largest absolute Gasteiger partial charge is 0.418 e. The molecule has 3 nitrogen and oxygen atoms in total. The fourth-order valence-electron chi connectivity index (χ4n) is 7.23. The predicted octanol–water partition coefficient (Wildman–Crippen LogP) is 12.8. The van der Waals surface area contributed by atoms with E-state index < -0.39 is 34.7 Å². The molecule has 0 aliphatic heterocycles. The van der Waals surface area contributed by atoms with Gasteiger partial charge in [-0.3, -0.25) is 0 Å². The van der Waals surface area contributed by atoms with Crippen LogP contribution in [0.3, 0.4) is 0 Å². The number of fused-ring (bicyclic) bond motifs is 6. The number of benzene rings is 6. The molecule has 0 aliphatic carbocycles. The molecule has 0 atom stereocenters. The maximum Gasteiger partial charge on any atom is 0.418 e. The normalized spacial score (nSPS) is 12.4. The summed E-state index contributed by atoms with van der Waals surface area (Å²) in [7, 11) is 0. The van der Waals surface area contributed by atoms with Crippen molar-refractivity contribution in [3.8, 4) is 22.5 Å². The third kappa shape index (κ3) is 4.74. The van der Waals surface area contributed by atoms with E-state index in [1.165, 1.54) is 12.1 Å². The molecule has 0 aliphatic rings. The minimum Gasteiger partial charge on any atom is -0.307 e. The maximum absolute atomic E-state index is 15.7. The molecule has 0 unspecified atom stereocenters. The number of nitrogens with zero attached hydrogens (tertiary/aromatic N) is 3. The average molecular weight is 674 g/mol. The van der Waals surface area contributed by atoms with Crippen molar-refractivity contribution in [2.24, 2.45) is 0 Å². The van der Waals surface area contributed by atoms with Crippen LogP contribution in [0.15, 0.2) is 115 Å². The van der Waals surface area contributed by atoms with Gasteiger partial charge >= 0.3 is 12.4 Å². The topological polar surface area (TPSA) is 14.2 Å². The number of rotatable bonds is 3.